The maximum absolute atomic E-state index is 5.64. The first kappa shape index (κ1) is 10.3. The van der Waals surface area contributed by atoms with Crippen molar-refractivity contribution in [3.8, 4) is 5.75 Å². The average molecular weight is 201 g/mol. The van der Waals surface area contributed by atoms with Gasteiger partial charge in [0.15, 0.2) is 5.15 Å². The van der Waals surface area contributed by atoms with Crippen LogP contribution in [0.4, 0.5) is 0 Å². The standard InChI is InChI=1S/C9H13ClN2O/c1-3-7(2)6-13-8-4-9(10)12-11-5-8/h4-5,7H,3,6H2,1-2H3. The topological polar surface area (TPSA) is 35.0 Å². The summed E-state index contributed by atoms with van der Waals surface area (Å²) >= 11 is 5.64. The predicted molar refractivity (Wildman–Crippen MR) is 52.0 cm³/mol. The molecule has 1 rings (SSSR count). The molecule has 0 aromatic carbocycles. The van der Waals surface area contributed by atoms with Crippen LogP contribution in [0.15, 0.2) is 12.3 Å². The number of aromatic nitrogens is 2. The lowest BCUT2D eigenvalue weighted by Crippen LogP contribution is -2.07. The van der Waals surface area contributed by atoms with E-state index in [1.807, 2.05) is 0 Å². The van der Waals surface area contributed by atoms with E-state index < -0.39 is 0 Å². The minimum absolute atomic E-state index is 0.363. The lowest BCUT2D eigenvalue weighted by Gasteiger charge is -2.09. The molecule has 0 fully saturated rings. The monoisotopic (exact) mass is 200 g/mol. The van der Waals surface area contributed by atoms with Gasteiger partial charge >= 0.3 is 0 Å². The molecule has 0 bridgehead atoms. The van der Waals surface area contributed by atoms with Gasteiger partial charge in [0.05, 0.1) is 12.8 Å². The highest BCUT2D eigenvalue weighted by atomic mass is 35.5. The van der Waals surface area contributed by atoms with Crippen molar-refractivity contribution in [2.75, 3.05) is 6.61 Å². The van der Waals surface area contributed by atoms with Crippen LogP contribution in [0.3, 0.4) is 0 Å². The van der Waals surface area contributed by atoms with Gasteiger partial charge in [-0.1, -0.05) is 31.9 Å². The van der Waals surface area contributed by atoms with Gasteiger partial charge in [-0.25, -0.2) is 0 Å². The third-order valence-corrected chi connectivity index (χ3v) is 2.02. The van der Waals surface area contributed by atoms with Crippen LogP contribution in [0.2, 0.25) is 5.15 Å². The molecule has 1 aromatic heterocycles. The fourth-order valence-corrected chi connectivity index (χ4v) is 0.911. The zero-order chi connectivity index (χ0) is 9.68. The second-order valence-corrected chi connectivity index (χ2v) is 3.43. The summed E-state index contributed by atoms with van der Waals surface area (Å²) in [6, 6.07) is 1.66. The summed E-state index contributed by atoms with van der Waals surface area (Å²) in [5.74, 6) is 1.23. The van der Waals surface area contributed by atoms with Crippen molar-refractivity contribution in [2.24, 2.45) is 5.92 Å². The molecule has 0 aliphatic rings. The van der Waals surface area contributed by atoms with Gasteiger partial charge in [0.1, 0.15) is 5.75 Å². The maximum Gasteiger partial charge on any atom is 0.155 e. The predicted octanol–water partition coefficient (Wildman–Crippen LogP) is 2.55. The summed E-state index contributed by atoms with van der Waals surface area (Å²) in [6.07, 6.45) is 2.67. The molecule has 1 aromatic rings. The van der Waals surface area contributed by atoms with E-state index >= 15 is 0 Å². The summed E-state index contributed by atoms with van der Waals surface area (Å²) in [5, 5.41) is 7.67. The van der Waals surface area contributed by atoms with Crippen molar-refractivity contribution in [2.45, 2.75) is 20.3 Å². The van der Waals surface area contributed by atoms with Crippen molar-refractivity contribution in [1.82, 2.24) is 10.2 Å². The summed E-state index contributed by atoms with van der Waals surface area (Å²) in [5.41, 5.74) is 0. The van der Waals surface area contributed by atoms with Crippen molar-refractivity contribution >= 4 is 11.6 Å². The van der Waals surface area contributed by atoms with Gasteiger partial charge in [0.2, 0.25) is 0 Å². The van der Waals surface area contributed by atoms with E-state index in [0.29, 0.717) is 23.4 Å². The third kappa shape index (κ3) is 3.59. The van der Waals surface area contributed by atoms with E-state index in [4.69, 9.17) is 16.3 Å². The molecule has 1 atom stereocenters. The van der Waals surface area contributed by atoms with E-state index in [0.717, 1.165) is 6.42 Å². The molecule has 1 heterocycles. The number of hydrogen-bond donors (Lipinski definition) is 0. The zero-order valence-electron chi connectivity index (χ0n) is 7.83. The first-order valence-corrected chi connectivity index (χ1v) is 4.71. The molecule has 4 heteroatoms. The number of nitrogens with zero attached hydrogens (tertiary/aromatic N) is 2. The van der Waals surface area contributed by atoms with Crippen molar-refractivity contribution < 1.29 is 4.74 Å². The van der Waals surface area contributed by atoms with E-state index in [1.165, 1.54) is 0 Å². The van der Waals surface area contributed by atoms with Gasteiger partial charge in [-0.2, -0.15) is 5.10 Å². The number of rotatable bonds is 4. The molecule has 0 radical (unpaired) electrons. The molecular weight excluding hydrogens is 188 g/mol. The van der Waals surface area contributed by atoms with Crippen LogP contribution in [-0.4, -0.2) is 16.8 Å². The number of halogens is 1. The van der Waals surface area contributed by atoms with E-state index in [2.05, 4.69) is 24.0 Å². The van der Waals surface area contributed by atoms with Gasteiger partial charge in [-0.05, 0) is 5.92 Å². The van der Waals surface area contributed by atoms with E-state index in [1.54, 1.807) is 12.3 Å². The Morgan fingerprint density at radius 2 is 2.38 bits per heavy atom. The van der Waals surface area contributed by atoms with Gasteiger partial charge in [-0.15, -0.1) is 5.10 Å². The summed E-state index contributed by atoms with van der Waals surface area (Å²) < 4.78 is 5.45. The lowest BCUT2D eigenvalue weighted by atomic mass is 10.1. The van der Waals surface area contributed by atoms with Crippen LogP contribution in [-0.2, 0) is 0 Å². The fourth-order valence-electron chi connectivity index (χ4n) is 0.760. The molecule has 0 saturated heterocycles. The highest BCUT2D eigenvalue weighted by Crippen LogP contribution is 2.14. The highest BCUT2D eigenvalue weighted by molar-refractivity contribution is 6.29. The molecule has 13 heavy (non-hydrogen) atoms. The Kier molecular flexibility index (Phi) is 3.96. The minimum Gasteiger partial charge on any atom is -0.492 e. The first-order chi connectivity index (χ1) is 6.22. The van der Waals surface area contributed by atoms with Gasteiger partial charge in [0, 0.05) is 6.07 Å². The van der Waals surface area contributed by atoms with Crippen molar-refractivity contribution in [3.63, 3.8) is 0 Å². The van der Waals surface area contributed by atoms with Crippen LogP contribution >= 0.6 is 11.6 Å². The maximum atomic E-state index is 5.64. The molecule has 0 aliphatic carbocycles. The summed E-state index contributed by atoms with van der Waals surface area (Å²) in [4.78, 5) is 0. The smallest absolute Gasteiger partial charge is 0.155 e. The number of hydrogen-bond acceptors (Lipinski definition) is 3. The first-order valence-electron chi connectivity index (χ1n) is 4.33. The van der Waals surface area contributed by atoms with Crippen molar-refractivity contribution in [1.29, 1.82) is 0 Å². The molecule has 72 valence electrons. The molecule has 0 saturated carbocycles. The van der Waals surface area contributed by atoms with Crippen LogP contribution in [0.25, 0.3) is 0 Å². The summed E-state index contributed by atoms with van der Waals surface area (Å²) in [7, 11) is 0. The molecule has 0 amide bonds. The van der Waals surface area contributed by atoms with Crippen LogP contribution < -0.4 is 4.74 Å². The Bertz CT molecular complexity index is 268. The van der Waals surface area contributed by atoms with Crippen LogP contribution in [0.5, 0.6) is 5.75 Å². The molecule has 0 spiro atoms. The Balaban J connectivity index is 2.45. The fraction of sp³-hybridized carbons (Fsp3) is 0.556. The summed E-state index contributed by atoms with van der Waals surface area (Å²) in [6.45, 7) is 4.96. The van der Waals surface area contributed by atoms with E-state index in [9.17, 15) is 0 Å². The van der Waals surface area contributed by atoms with Crippen molar-refractivity contribution in [3.05, 3.63) is 17.4 Å². The molecule has 1 unspecified atom stereocenters. The van der Waals surface area contributed by atoms with E-state index in [-0.39, 0.29) is 0 Å². The van der Waals surface area contributed by atoms with Crippen LogP contribution in [0, 0.1) is 5.92 Å². The molecule has 0 aliphatic heterocycles. The quantitative estimate of drug-likeness (QED) is 0.750. The molecular formula is C9H13ClN2O. The zero-order valence-corrected chi connectivity index (χ0v) is 8.58. The average Bonchev–Trinajstić information content (AvgIpc) is 2.14. The van der Waals surface area contributed by atoms with Gasteiger partial charge < -0.3 is 4.74 Å². The Morgan fingerprint density at radius 3 is 3.00 bits per heavy atom. The largest absolute Gasteiger partial charge is 0.492 e. The van der Waals surface area contributed by atoms with Crippen LogP contribution in [0.1, 0.15) is 20.3 Å². The molecule has 3 nitrogen and oxygen atoms in total. The van der Waals surface area contributed by atoms with Gasteiger partial charge in [-0.3, -0.25) is 0 Å². The second-order valence-electron chi connectivity index (χ2n) is 3.04. The van der Waals surface area contributed by atoms with Gasteiger partial charge in [0.25, 0.3) is 0 Å². The third-order valence-electron chi connectivity index (χ3n) is 1.83. The second kappa shape index (κ2) is 5.02. The Morgan fingerprint density at radius 1 is 1.62 bits per heavy atom. The highest BCUT2D eigenvalue weighted by Gasteiger charge is 2.01. The minimum atomic E-state index is 0.363. The number of ether oxygens (including phenoxy) is 1. The molecule has 0 N–H and O–H groups in total. The lowest BCUT2D eigenvalue weighted by molar-refractivity contribution is 0.255. The normalized spacial score (nSPS) is 12.5. The Hall–Kier alpha value is -0.830. The SMILES string of the molecule is CCC(C)COc1cnnc(Cl)c1. The Labute approximate surface area is 83.1 Å².